The zero-order chi connectivity index (χ0) is 20.5. The SMILES string of the molecule is CCCCNc1nc(N)c2nc(OC)n(CCCCCCC3CCCCO3)c2n1. The molecular formula is C21H36N6O2. The third kappa shape index (κ3) is 5.95. The van der Waals surface area contributed by atoms with Crippen LogP contribution in [0, 0.1) is 0 Å². The standard InChI is InChI=1S/C21H36N6O2/c1-3-4-13-23-20-25-18(22)17-19(26-20)27(21(24-17)28-2)14-9-6-5-7-11-16-12-8-10-15-29-16/h16H,3-15H2,1-2H3,(H3,22,23,25,26). The molecule has 0 radical (unpaired) electrons. The molecule has 1 aliphatic heterocycles. The maximum Gasteiger partial charge on any atom is 0.298 e. The van der Waals surface area contributed by atoms with E-state index < -0.39 is 0 Å². The molecule has 3 N–H and O–H groups in total. The van der Waals surface area contributed by atoms with E-state index in [4.69, 9.17) is 15.2 Å². The summed E-state index contributed by atoms with van der Waals surface area (Å²) in [5, 5.41) is 3.25. The van der Waals surface area contributed by atoms with Gasteiger partial charge in [-0.05, 0) is 38.5 Å². The van der Waals surface area contributed by atoms with E-state index in [1.807, 2.05) is 4.57 Å². The minimum atomic E-state index is 0.388. The van der Waals surface area contributed by atoms with Crippen LogP contribution in [-0.2, 0) is 11.3 Å². The largest absolute Gasteiger partial charge is 0.468 e. The molecule has 0 aliphatic carbocycles. The zero-order valence-corrected chi connectivity index (χ0v) is 18.0. The van der Waals surface area contributed by atoms with Gasteiger partial charge in [-0.1, -0.05) is 32.6 Å². The maximum absolute atomic E-state index is 6.13. The Labute approximate surface area is 173 Å². The molecule has 0 bridgehead atoms. The fraction of sp³-hybridized carbons (Fsp3) is 0.762. The van der Waals surface area contributed by atoms with Crippen LogP contribution in [0.15, 0.2) is 0 Å². The number of unbranched alkanes of at least 4 members (excludes halogenated alkanes) is 4. The van der Waals surface area contributed by atoms with Crippen LogP contribution >= 0.6 is 0 Å². The van der Waals surface area contributed by atoms with E-state index in [0.29, 0.717) is 29.4 Å². The minimum absolute atomic E-state index is 0.388. The van der Waals surface area contributed by atoms with Gasteiger partial charge >= 0.3 is 0 Å². The molecule has 0 saturated carbocycles. The van der Waals surface area contributed by atoms with Crippen LogP contribution < -0.4 is 15.8 Å². The molecule has 1 aliphatic rings. The van der Waals surface area contributed by atoms with Crippen molar-refractivity contribution >= 4 is 22.9 Å². The number of nitrogens with one attached hydrogen (secondary N) is 1. The molecule has 1 unspecified atom stereocenters. The van der Waals surface area contributed by atoms with Gasteiger partial charge in [0.1, 0.15) is 0 Å². The van der Waals surface area contributed by atoms with E-state index >= 15 is 0 Å². The lowest BCUT2D eigenvalue weighted by atomic mass is 10.0. The second-order valence-corrected chi connectivity index (χ2v) is 7.83. The molecule has 2 aromatic rings. The minimum Gasteiger partial charge on any atom is -0.468 e. The van der Waals surface area contributed by atoms with Crippen LogP contribution in [0.3, 0.4) is 0 Å². The quantitative estimate of drug-likeness (QED) is 0.513. The molecule has 0 spiro atoms. The molecule has 8 nitrogen and oxygen atoms in total. The first-order valence-corrected chi connectivity index (χ1v) is 11.2. The van der Waals surface area contributed by atoms with Gasteiger partial charge in [0.15, 0.2) is 17.0 Å². The lowest BCUT2D eigenvalue weighted by Gasteiger charge is -2.22. The Hall–Kier alpha value is -2.09. The molecule has 1 atom stereocenters. The van der Waals surface area contributed by atoms with E-state index in [1.54, 1.807) is 7.11 Å². The van der Waals surface area contributed by atoms with Gasteiger partial charge in [0.2, 0.25) is 5.95 Å². The summed E-state index contributed by atoms with van der Waals surface area (Å²) >= 11 is 0. The van der Waals surface area contributed by atoms with E-state index in [2.05, 4.69) is 27.2 Å². The van der Waals surface area contributed by atoms with Crippen molar-refractivity contribution < 1.29 is 9.47 Å². The van der Waals surface area contributed by atoms with Crippen LogP contribution in [0.4, 0.5) is 11.8 Å². The fourth-order valence-corrected chi connectivity index (χ4v) is 3.85. The monoisotopic (exact) mass is 404 g/mol. The summed E-state index contributed by atoms with van der Waals surface area (Å²) < 4.78 is 13.3. The highest BCUT2D eigenvalue weighted by Crippen LogP contribution is 2.25. The summed E-state index contributed by atoms with van der Waals surface area (Å²) in [6, 6.07) is 0.544. The van der Waals surface area contributed by atoms with Gasteiger partial charge < -0.3 is 20.5 Å². The van der Waals surface area contributed by atoms with Crippen LogP contribution in [0.25, 0.3) is 11.2 Å². The Kier molecular flexibility index (Phi) is 8.34. The van der Waals surface area contributed by atoms with E-state index in [1.165, 1.54) is 38.5 Å². The van der Waals surface area contributed by atoms with E-state index in [-0.39, 0.29) is 0 Å². The third-order valence-corrected chi connectivity index (χ3v) is 5.51. The number of aryl methyl sites for hydroxylation is 1. The topological polar surface area (TPSA) is 100 Å². The van der Waals surface area contributed by atoms with Gasteiger partial charge in [0.25, 0.3) is 6.01 Å². The summed E-state index contributed by atoms with van der Waals surface area (Å²) in [5.41, 5.74) is 7.48. The second-order valence-electron chi connectivity index (χ2n) is 7.83. The van der Waals surface area contributed by atoms with Gasteiger partial charge in [0.05, 0.1) is 13.2 Å². The number of nitrogens with two attached hydrogens (primary N) is 1. The molecule has 1 fully saturated rings. The Morgan fingerprint density at radius 1 is 1.14 bits per heavy atom. The first-order valence-electron chi connectivity index (χ1n) is 11.2. The molecule has 3 heterocycles. The lowest BCUT2D eigenvalue weighted by molar-refractivity contribution is 0.00976. The van der Waals surface area contributed by atoms with Crippen molar-refractivity contribution in [1.82, 2.24) is 19.5 Å². The molecule has 2 aromatic heterocycles. The number of nitrogens with zero attached hydrogens (tertiary/aromatic N) is 4. The van der Waals surface area contributed by atoms with Gasteiger partial charge in [-0.3, -0.25) is 4.57 Å². The number of imidazole rings is 1. The molecule has 3 rings (SSSR count). The van der Waals surface area contributed by atoms with Crippen molar-refractivity contribution in [2.24, 2.45) is 0 Å². The fourth-order valence-electron chi connectivity index (χ4n) is 3.85. The summed E-state index contributed by atoms with van der Waals surface area (Å²) in [5.74, 6) is 0.943. The summed E-state index contributed by atoms with van der Waals surface area (Å²) in [6.07, 6.45) is 12.3. The maximum atomic E-state index is 6.13. The number of fused-ring (bicyclic) bond motifs is 1. The molecule has 0 amide bonds. The smallest absolute Gasteiger partial charge is 0.298 e. The molecule has 8 heteroatoms. The van der Waals surface area contributed by atoms with E-state index in [0.717, 1.165) is 51.0 Å². The summed E-state index contributed by atoms with van der Waals surface area (Å²) in [4.78, 5) is 13.5. The number of ether oxygens (including phenoxy) is 2. The highest BCUT2D eigenvalue weighted by atomic mass is 16.5. The Bertz CT molecular complexity index is 757. The number of anilines is 2. The Morgan fingerprint density at radius 2 is 2.00 bits per heavy atom. The zero-order valence-electron chi connectivity index (χ0n) is 18.0. The number of hydrogen-bond acceptors (Lipinski definition) is 7. The van der Waals surface area contributed by atoms with Crippen molar-refractivity contribution in [3.05, 3.63) is 0 Å². The van der Waals surface area contributed by atoms with Crippen molar-refractivity contribution in [2.75, 3.05) is 31.3 Å². The predicted octanol–water partition coefficient (Wildman–Crippen LogP) is 4.15. The first-order chi connectivity index (χ1) is 14.2. The number of aromatic nitrogens is 4. The average molecular weight is 405 g/mol. The van der Waals surface area contributed by atoms with Gasteiger partial charge in [-0.25, -0.2) is 0 Å². The van der Waals surface area contributed by atoms with Gasteiger partial charge in [-0.2, -0.15) is 15.0 Å². The van der Waals surface area contributed by atoms with Crippen molar-refractivity contribution in [3.63, 3.8) is 0 Å². The second kappa shape index (κ2) is 11.2. The number of rotatable bonds is 12. The molecule has 162 valence electrons. The molecule has 0 aromatic carbocycles. The van der Waals surface area contributed by atoms with Gasteiger partial charge in [-0.15, -0.1) is 0 Å². The van der Waals surface area contributed by atoms with Crippen LogP contribution in [-0.4, -0.2) is 45.9 Å². The van der Waals surface area contributed by atoms with Gasteiger partial charge in [0, 0.05) is 19.7 Å². The van der Waals surface area contributed by atoms with Crippen molar-refractivity contribution in [3.8, 4) is 6.01 Å². The summed E-state index contributed by atoms with van der Waals surface area (Å²) in [6.45, 7) is 4.74. The number of hydrogen-bond donors (Lipinski definition) is 2. The Morgan fingerprint density at radius 3 is 2.76 bits per heavy atom. The normalized spacial score (nSPS) is 17.0. The van der Waals surface area contributed by atoms with Crippen molar-refractivity contribution in [2.45, 2.75) is 83.8 Å². The molecular weight excluding hydrogens is 368 g/mol. The van der Waals surface area contributed by atoms with Crippen LogP contribution in [0.5, 0.6) is 6.01 Å². The van der Waals surface area contributed by atoms with Crippen LogP contribution in [0.2, 0.25) is 0 Å². The lowest BCUT2D eigenvalue weighted by Crippen LogP contribution is -2.18. The third-order valence-electron chi connectivity index (χ3n) is 5.51. The number of nitrogen functional groups attached to an aromatic ring is 1. The molecule has 1 saturated heterocycles. The molecule has 29 heavy (non-hydrogen) atoms. The highest BCUT2D eigenvalue weighted by Gasteiger charge is 2.17. The highest BCUT2D eigenvalue weighted by molar-refractivity contribution is 5.84. The van der Waals surface area contributed by atoms with Crippen LogP contribution in [0.1, 0.15) is 71.1 Å². The predicted molar refractivity (Wildman–Crippen MR) is 116 cm³/mol. The number of methoxy groups -OCH3 is 1. The Balaban J connectivity index is 1.55. The average Bonchev–Trinajstić information content (AvgIpc) is 3.10. The van der Waals surface area contributed by atoms with E-state index in [9.17, 15) is 0 Å². The van der Waals surface area contributed by atoms with Crippen molar-refractivity contribution in [1.29, 1.82) is 0 Å². The first kappa shape index (κ1) is 21.6. The summed E-state index contributed by atoms with van der Waals surface area (Å²) in [7, 11) is 1.63.